The number of piperidine rings is 1. The molecule has 0 unspecified atom stereocenters. The van der Waals surface area contributed by atoms with E-state index in [-0.39, 0.29) is 29.9 Å². The summed E-state index contributed by atoms with van der Waals surface area (Å²) in [6, 6.07) is 9.64. The van der Waals surface area contributed by atoms with E-state index in [0.717, 1.165) is 37.2 Å². The Morgan fingerprint density at radius 2 is 2.00 bits per heavy atom. The molecule has 2 heterocycles. The Morgan fingerprint density at radius 3 is 2.63 bits per heavy atom. The third-order valence-corrected chi connectivity index (χ3v) is 5.92. The molecule has 7 heteroatoms. The Labute approximate surface area is 163 Å². The number of carbonyl (C=O) groups excluding carboxylic acids is 2. The van der Waals surface area contributed by atoms with Crippen LogP contribution in [0.3, 0.4) is 0 Å². The van der Waals surface area contributed by atoms with Crippen molar-refractivity contribution < 1.29 is 14.3 Å². The molecular weight excluding hydrogens is 362 g/mol. The van der Waals surface area contributed by atoms with Crippen LogP contribution in [-0.4, -0.2) is 42.7 Å². The Balaban J connectivity index is 1.76. The van der Waals surface area contributed by atoms with Crippen LogP contribution in [0.4, 0.5) is 0 Å². The van der Waals surface area contributed by atoms with Gasteiger partial charge in [-0.15, -0.1) is 0 Å². The zero-order chi connectivity index (χ0) is 19.2. The van der Waals surface area contributed by atoms with E-state index in [9.17, 15) is 14.9 Å². The number of allylic oxidation sites excluding steroid dienone is 1. The summed E-state index contributed by atoms with van der Waals surface area (Å²) in [5.74, 6) is 0.578. The third kappa shape index (κ3) is 4.64. The Bertz CT molecular complexity index is 777. The SMILES string of the molecule is COc1ccc([C@H]2CC(=O)NC(SCC(=O)N3CCCCC3)=C2C#N)cc1. The van der Waals surface area contributed by atoms with Crippen molar-refractivity contribution in [2.45, 2.75) is 31.6 Å². The first-order chi connectivity index (χ1) is 13.1. The molecule has 27 heavy (non-hydrogen) atoms. The molecule has 1 N–H and O–H groups in total. The number of amides is 2. The van der Waals surface area contributed by atoms with E-state index < -0.39 is 0 Å². The number of nitrogens with one attached hydrogen (secondary N) is 1. The summed E-state index contributed by atoms with van der Waals surface area (Å²) in [4.78, 5) is 26.5. The number of hydrogen-bond acceptors (Lipinski definition) is 5. The second-order valence-electron chi connectivity index (χ2n) is 6.66. The molecule has 142 valence electrons. The minimum Gasteiger partial charge on any atom is -0.497 e. The predicted octanol–water partition coefficient (Wildman–Crippen LogP) is 2.78. The van der Waals surface area contributed by atoms with Crippen LogP contribution in [0.5, 0.6) is 5.75 Å². The largest absolute Gasteiger partial charge is 0.497 e. The maximum Gasteiger partial charge on any atom is 0.232 e. The Hall–Kier alpha value is -2.46. The standard InChI is InChI=1S/C20H23N3O3S/c1-26-15-7-5-14(6-8-15)16-11-18(24)22-20(17(16)12-21)27-13-19(25)23-9-3-2-4-10-23/h5-8,16H,2-4,9-11,13H2,1H3,(H,22,24)/t16-/m1/s1. The van der Waals surface area contributed by atoms with Crippen molar-refractivity contribution in [2.75, 3.05) is 26.0 Å². The van der Waals surface area contributed by atoms with Gasteiger partial charge in [-0.1, -0.05) is 23.9 Å². The molecule has 0 aromatic heterocycles. The number of hydrogen-bond donors (Lipinski definition) is 1. The molecule has 2 aliphatic heterocycles. The molecule has 0 saturated carbocycles. The molecule has 0 aliphatic carbocycles. The van der Waals surface area contributed by atoms with Gasteiger partial charge >= 0.3 is 0 Å². The van der Waals surface area contributed by atoms with Crippen LogP contribution in [0, 0.1) is 11.3 Å². The summed E-state index contributed by atoms with van der Waals surface area (Å²) >= 11 is 1.25. The zero-order valence-corrected chi connectivity index (χ0v) is 16.2. The monoisotopic (exact) mass is 385 g/mol. The lowest BCUT2D eigenvalue weighted by atomic mass is 9.87. The van der Waals surface area contributed by atoms with Gasteiger partial charge in [-0.2, -0.15) is 5.26 Å². The van der Waals surface area contributed by atoms with Crippen molar-refractivity contribution in [3.8, 4) is 11.8 Å². The first kappa shape index (κ1) is 19.3. The lowest BCUT2D eigenvalue weighted by Crippen LogP contribution is -2.37. The summed E-state index contributed by atoms with van der Waals surface area (Å²) in [6.45, 7) is 1.59. The highest BCUT2D eigenvalue weighted by Crippen LogP contribution is 2.36. The molecular formula is C20H23N3O3S. The first-order valence-corrected chi connectivity index (χ1v) is 10.1. The third-order valence-electron chi connectivity index (χ3n) is 4.92. The number of methoxy groups -OCH3 is 1. The maximum absolute atomic E-state index is 12.4. The topological polar surface area (TPSA) is 82.4 Å². The minimum absolute atomic E-state index is 0.0605. The minimum atomic E-state index is -0.303. The molecule has 0 bridgehead atoms. The summed E-state index contributed by atoms with van der Waals surface area (Å²) in [5, 5.41) is 13.0. The highest BCUT2D eigenvalue weighted by molar-refractivity contribution is 8.03. The molecule has 1 aromatic carbocycles. The van der Waals surface area contributed by atoms with E-state index in [1.807, 2.05) is 29.2 Å². The second kappa shape index (κ2) is 8.96. The highest BCUT2D eigenvalue weighted by atomic mass is 32.2. The quantitative estimate of drug-likeness (QED) is 0.843. The number of carbonyl (C=O) groups is 2. The van der Waals surface area contributed by atoms with E-state index >= 15 is 0 Å². The lowest BCUT2D eigenvalue weighted by molar-refractivity contribution is -0.129. The number of rotatable bonds is 5. The van der Waals surface area contributed by atoms with E-state index in [4.69, 9.17) is 4.74 Å². The van der Waals surface area contributed by atoms with Gasteiger partial charge in [0.05, 0.1) is 29.5 Å². The Kier molecular flexibility index (Phi) is 6.40. The molecule has 6 nitrogen and oxygen atoms in total. The van der Waals surface area contributed by atoms with Crippen molar-refractivity contribution in [2.24, 2.45) is 0 Å². The van der Waals surface area contributed by atoms with Gasteiger partial charge in [-0.3, -0.25) is 9.59 Å². The van der Waals surface area contributed by atoms with Gasteiger partial charge in [-0.25, -0.2) is 0 Å². The van der Waals surface area contributed by atoms with E-state index in [0.29, 0.717) is 10.6 Å². The van der Waals surface area contributed by atoms with Crippen LogP contribution in [-0.2, 0) is 9.59 Å². The van der Waals surface area contributed by atoms with E-state index in [1.54, 1.807) is 7.11 Å². The normalized spacial score (nSPS) is 20.1. The molecule has 1 saturated heterocycles. The fourth-order valence-electron chi connectivity index (χ4n) is 3.42. The molecule has 1 aromatic rings. The van der Waals surface area contributed by atoms with Crippen LogP contribution >= 0.6 is 11.8 Å². The molecule has 0 spiro atoms. The zero-order valence-electron chi connectivity index (χ0n) is 15.4. The van der Waals surface area contributed by atoms with Crippen LogP contribution in [0.15, 0.2) is 34.9 Å². The first-order valence-electron chi connectivity index (χ1n) is 9.11. The number of nitriles is 1. The Morgan fingerprint density at radius 1 is 1.30 bits per heavy atom. The number of likely N-dealkylation sites (tertiary alicyclic amines) is 1. The fourth-order valence-corrected chi connectivity index (χ4v) is 4.40. The van der Waals surface area contributed by atoms with Crippen molar-refractivity contribution in [3.05, 3.63) is 40.4 Å². The van der Waals surface area contributed by atoms with Gasteiger partial charge < -0.3 is 15.0 Å². The van der Waals surface area contributed by atoms with Crippen molar-refractivity contribution in [1.82, 2.24) is 10.2 Å². The van der Waals surface area contributed by atoms with E-state index in [1.165, 1.54) is 18.2 Å². The summed E-state index contributed by atoms with van der Waals surface area (Å²) < 4.78 is 5.17. The van der Waals surface area contributed by atoms with Crippen molar-refractivity contribution in [3.63, 3.8) is 0 Å². The predicted molar refractivity (Wildman–Crippen MR) is 104 cm³/mol. The van der Waals surface area contributed by atoms with Gasteiger partial charge in [0, 0.05) is 25.4 Å². The highest BCUT2D eigenvalue weighted by Gasteiger charge is 2.30. The van der Waals surface area contributed by atoms with Gasteiger partial charge in [-0.05, 0) is 37.0 Å². The van der Waals surface area contributed by atoms with Gasteiger partial charge in [0.15, 0.2) is 0 Å². The molecule has 2 amide bonds. The van der Waals surface area contributed by atoms with Crippen LogP contribution in [0.2, 0.25) is 0 Å². The van der Waals surface area contributed by atoms with Crippen LogP contribution in [0.1, 0.15) is 37.2 Å². The molecule has 0 radical (unpaired) electrons. The average molecular weight is 385 g/mol. The fraction of sp³-hybridized carbons (Fsp3) is 0.450. The van der Waals surface area contributed by atoms with Gasteiger partial charge in [0.2, 0.25) is 11.8 Å². The second-order valence-corrected chi connectivity index (χ2v) is 7.65. The van der Waals surface area contributed by atoms with Gasteiger partial charge in [0.25, 0.3) is 0 Å². The molecule has 1 fully saturated rings. The summed E-state index contributed by atoms with van der Waals surface area (Å²) in [7, 11) is 1.60. The van der Waals surface area contributed by atoms with E-state index in [2.05, 4.69) is 11.4 Å². The number of ether oxygens (including phenoxy) is 1. The van der Waals surface area contributed by atoms with Gasteiger partial charge in [0.1, 0.15) is 5.75 Å². The molecule has 1 atom stereocenters. The average Bonchev–Trinajstić information content (AvgIpc) is 2.72. The summed E-state index contributed by atoms with van der Waals surface area (Å²) in [6.07, 6.45) is 3.47. The molecule has 3 rings (SSSR count). The maximum atomic E-state index is 12.4. The summed E-state index contributed by atoms with van der Waals surface area (Å²) in [5.41, 5.74) is 1.40. The number of benzene rings is 1. The van der Waals surface area contributed by atoms with Crippen LogP contribution < -0.4 is 10.1 Å². The smallest absolute Gasteiger partial charge is 0.232 e. The van der Waals surface area contributed by atoms with Crippen molar-refractivity contribution in [1.29, 1.82) is 5.26 Å². The number of nitrogens with zero attached hydrogens (tertiary/aromatic N) is 2. The lowest BCUT2D eigenvalue weighted by Gasteiger charge is -2.28. The van der Waals surface area contributed by atoms with Crippen molar-refractivity contribution >= 4 is 23.6 Å². The molecule has 2 aliphatic rings. The van der Waals surface area contributed by atoms with Crippen LogP contribution in [0.25, 0.3) is 0 Å². The number of thioether (sulfide) groups is 1.